The SMILES string of the molecule is CCCCn1c(N)c(C#N)c(C)cc1=O. The van der Waals surface area contributed by atoms with Gasteiger partial charge in [0.15, 0.2) is 0 Å². The largest absolute Gasteiger partial charge is 0.384 e. The number of nitriles is 1. The summed E-state index contributed by atoms with van der Waals surface area (Å²) in [5, 5.41) is 8.89. The van der Waals surface area contributed by atoms with Crippen molar-refractivity contribution in [3.63, 3.8) is 0 Å². The lowest BCUT2D eigenvalue weighted by Crippen LogP contribution is -2.24. The van der Waals surface area contributed by atoms with Gasteiger partial charge in [0.25, 0.3) is 5.56 Å². The van der Waals surface area contributed by atoms with Crippen LogP contribution in [-0.4, -0.2) is 4.57 Å². The quantitative estimate of drug-likeness (QED) is 0.810. The molecule has 0 atom stereocenters. The molecule has 1 aromatic rings. The van der Waals surface area contributed by atoms with Gasteiger partial charge in [-0.1, -0.05) is 13.3 Å². The Morgan fingerprint density at radius 2 is 2.27 bits per heavy atom. The van der Waals surface area contributed by atoms with E-state index >= 15 is 0 Å². The van der Waals surface area contributed by atoms with Crippen molar-refractivity contribution in [2.75, 3.05) is 5.73 Å². The molecule has 0 fully saturated rings. The minimum atomic E-state index is -0.127. The van der Waals surface area contributed by atoms with Crippen LogP contribution >= 0.6 is 0 Å². The molecule has 1 rings (SSSR count). The molecule has 15 heavy (non-hydrogen) atoms. The van der Waals surface area contributed by atoms with Crippen molar-refractivity contribution in [3.8, 4) is 6.07 Å². The van der Waals surface area contributed by atoms with Gasteiger partial charge in [-0.05, 0) is 18.9 Å². The normalized spacial score (nSPS) is 9.93. The van der Waals surface area contributed by atoms with Gasteiger partial charge in [0.2, 0.25) is 0 Å². The molecule has 4 nitrogen and oxygen atoms in total. The Labute approximate surface area is 88.9 Å². The fourth-order valence-electron chi connectivity index (χ4n) is 1.48. The van der Waals surface area contributed by atoms with Crippen LogP contribution in [0.15, 0.2) is 10.9 Å². The van der Waals surface area contributed by atoms with Crippen LogP contribution in [0.1, 0.15) is 30.9 Å². The molecule has 0 unspecified atom stereocenters. The zero-order valence-electron chi connectivity index (χ0n) is 9.08. The van der Waals surface area contributed by atoms with Crippen molar-refractivity contribution >= 4 is 5.82 Å². The fourth-order valence-corrected chi connectivity index (χ4v) is 1.48. The third-order valence-corrected chi connectivity index (χ3v) is 2.39. The summed E-state index contributed by atoms with van der Waals surface area (Å²) >= 11 is 0. The average molecular weight is 205 g/mol. The molecule has 0 spiro atoms. The number of aryl methyl sites for hydroxylation is 1. The number of nitrogen functional groups attached to an aromatic ring is 1. The molecule has 0 aromatic carbocycles. The van der Waals surface area contributed by atoms with Crippen molar-refractivity contribution in [2.24, 2.45) is 0 Å². The summed E-state index contributed by atoms with van der Waals surface area (Å²) in [6, 6.07) is 3.49. The minimum absolute atomic E-state index is 0.127. The van der Waals surface area contributed by atoms with E-state index in [4.69, 9.17) is 11.0 Å². The van der Waals surface area contributed by atoms with Crippen molar-refractivity contribution in [3.05, 3.63) is 27.5 Å². The van der Waals surface area contributed by atoms with E-state index in [0.29, 0.717) is 17.7 Å². The van der Waals surface area contributed by atoms with E-state index in [1.807, 2.05) is 13.0 Å². The lowest BCUT2D eigenvalue weighted by molar-refractivity contribution is 0.619. The van der Waals surface area contributed by atoms with Crippen molar-refractivity contribution < 1.29 is 0 Å². The van der Waals surface area contributed by atoms with E-state index in [1.165, 1.54) is 10.6 Å². The predicted molar refractivity (Wildman–Crippen MR) is 59.5 cm³/mol. The number of pyridine rings is 1. The number of rotatable bonds is 3. The molecular formula is C11H15N3O. The van der Waals surface area contributed by atoms with Crippen LogP contribution in [-0.2, 0) is 6.54 Å². The Morgan fingerprint density at radius 3 is 2.80 bits per heavy atom. The van der Waals surface area contributed by atoms with E-state index in [0.717, 1.165) is 12.8 Å². The van der Waals surface area contributed by atoms with E-state index < -0.39 is 0 Å². The summed E-state index contributed by atoms with van der Waals surface area (Å²) in [5.74, 6) is 0.288. The first-order valence-corrected chi connectivity index (χ1v) is 5.01. The van der Waals surface area contributed by atoms with Crippen molar-refractivity contribution in [2.45, 2.75) is 33.2 Å². The van der Waals surface area contributed by atoms with Gasteiger partial charge < -0.3 is 5.73 Å². The van der Waals surface area contributed by atoms with Gasteiger partial charge in [-0.15, -0.1) is 0 Å². The van der Waals surface area contributed by atoms with Crippen LogP contribution in [0.5, 0.6) is 0 Å². The molecule has 0 saturated heterocycles. The van der Waals surface area contributed by atoms with Gasteiger partial charge in [-0.2, -0.15) is 5.26 Å². The zero-order valence-corrected chi connectivity index (χ0v) is 9.08. The Bertz CT molecular complexity index is 454. The standard InChI is InChI=1S/C11H15N3O/c1-3-4-5-14-10(15)6-8(2)9(7-12)11(14)13/h6H,3-5,13H2,1-2H3. The second-order valence-corrected chi connectivity index (χ2v) is 3.54. The number of aromatic nitrogens is 1. The van der Waals surface area contributed by atoms with Gasteiger partial charge in [0.05, 0.1) is 5.56 Å². The van der Waals surface area contributed by atoms with Gasteiger partial charge in [0, 0.05) is 12.6 Å². The van der Waals surface area contributed by atoms with Crippen LogP contribution in [0.3, 0.4) is 0 Å². The highest BCUT2D eigenvalue weighted by molar-refractivity contribution is 5.53. The summed E-state index contributed by atoms with van der Waals surface area (Å²) < 4.78 is 1.47. The highest BCUT2D eigenvalue weighted by Crippen LogP contribution is 2.13. The average Bonchev–Trinajstić information content (AvgIpc) is 2.17. The predicted octanol–water partition coefficient (Wildman–Crippen LogP) is 1.41. The first kappa shape index (κ1) is 11.3. The third-order valence-electron chi connectivity index (χ3n) is 2.39. The van der Waals surface area contributed by atoms with E-state index in [1.54, 1.807) is 6.92 Å². The number of nitrogens with zero attached hydrogens (tertiary/aromatic N) is 2. The zero-order chi connectivity index (χ0) is 11.4. The number of nitrogens with two attached hydrogens (primary N) is 1. The number of hydrogen-bond donors (Lipinski definition) is 1. The maximum Gasteiger partial charge on any atom is 0.252 e. The molecule has 1 aromatic heterocycles. The molecule has 0 aliphatic carbocycles. The Hall–Kier alpha value is -1.76. The molecule has 2 N–H and O–H groups in total. The first-order chi connectivity index (χ1) is 7.11. The maximum absolute atomic E-state index is 11.6. The summed E-state index contributed by atoms with van der Waals surface area (Å²) in [4.78, 5) is 11.6. The van der Waals surface area contributed by atoms with E-state index in [2.05, 4.69) is 0 Å². The summed E-state index contributed by atoms with van der Waals surface area (Å²) in [6.45, 7) is 4.34. The molecule has 0 aliphatic heterocycles. The highest BCUT2D eigenvalue weighted by atomic mass is 16.1. The Kier molecular flexibility index (Phi) is 3.51. The van der Waals surface area contributed by atoms with Crippen molar-refractivity contribution in [1.29, 1.82) is 5.26 Å². The molecule has 1 heterocycles. The fraction of sp³-hybridized carbons (Fsp3) is 0.455. The first-order valence-electron chi connectivity index (χ1n) is 5.01. The second-order valence-electron chi connectivity index (χ2n) is 3.54. The monoisotopic (exact) mass is 205 g/mol. The summed E-state index contributed by atoms with van der Waals surface area (Å²) in [7, 11) is 0. The smallest absolute Gasteiger partial charge is 0.252 e. The van der Waals surface area contributed by atoms with Gasteiger partial charge in [-0.25, -0.2) is 0 Å². The molecule has 0 aliphatic rings. The molecular weight excluding hydrogens is 190 g/mol. The maximum atomic E-state index is 11.6. The van der Waals surface area contributed by atoms with Crippen LogP contribution in [0.2, 0.25) is 0 Å². The molecule has 80 valence electrons. The molecule has 0 radical (unpaired) electrons. The van der Waals surface area contributed by atoms with Crippen LogP contribution in [0.25, 0.3) is 0 Å². The van der Waals surface area contributed by atoms with Crippen LogP contribution in [0.4, 0.5) is 5.82 Å². The van der Waals surface area contributed by atoms with E-state index in [-0.39, 0.29) is 11.4 Å². The minimum Gasteiger partial charge on any atom is -0.384 e. The van der Waals surface area contributed by atoms with Gasteiger partial charge in [0.1, 0.15) is 11.9 Å². The molecule has 0 amide bonds. The van der Waals surface area contributed by atoms with Gasteiger partial charge >= 0.3 is 0 Å². The second kappa shape index (κ2) is 4.65. The summed E-state index contributed by atoms with van der Waals surface area (Å²) in [6.07, 6.45) is 1.87. The van der Waals surface area contributed by atoms with E-state index in [9.17, 15) is 4.79 Å². The Balaban J connectivity index is 3.28. The lowest BCUT2D eigenvalue weighted by atomic mass is 10.1. The van der Waals surface area contributed by atoms with Crippen molar-refractivity contribution in [1.82, 2.24) is 4.57 Å². The topological polar surface area (TPSA) is 71.8 Å². The lowest BCUT2D eigenvalue weighted by Gasteiger charge is -2.11. The van der Waals surface area contributed by atoms with Gasteiger partial charge in [-0.3, -0.25) is 9.36 Å². The number of unbranched alkanes of at least 4 members (excludes halogenated alkanes) is 1. The highest BCUT2D eigenvalue weighted by Gasteiger charge is 2.09. The number of anilines is 1. The third kappa shape index (κ3) is 2.18. The Morgan fingerprint density at radius 1 is 1.60 bits per heavy atom. The molecule has 4 heteroatoms. The van der Waals surface area contributed by atoms with Crippen LogP contribution in [0, 0.1) is 18.3 Å². The summed E-state index contributed by atoms with van der Waals surface area (Å²) in [5.41, 5.74) is 6.70. The van der Waals surface area contributed by atoms with Crippen LogP contribution < -0.4 is 11.3 Å². The number of hydrogen-bond acceptors (Lipinski definition) is 3. The molecule has 0 bridgehead atoms. The molecule has 0 saturated carbocycles.